The van der Waals surface area contributed by atoms with Gasteiger partial charge in [0.25, 0.3) is 0 Å². The van der Waals surface area contributed by atoms with Crippen LogP contribution in [-0.4, -0.2) is 5.11 Å². The molecule has 1 unspecified atom stereocenters. The highest BCUT2D eigenvalue weighted by Gasteiger charge is 2.52. The Bertz CT molecular complexity index is 638. The lowest BCUT2D eigenvalue weighted by Gasteiger charge is -2.24. The van der Waals surface area contributed by atoms with E-state index >= 15 is 0 Å². The summed E-state index contributed by atoms with van der Waals surface area (Å²) in [4.78, 5) is 0. The highest BCUT2D eigenvalue weighted by Crippen LogP contribution is 2.57. The second-order valence-corrected chi connectivity index (χ2v) is 6.04. The quantitative estimate of drug-likeness (QED) is 0.817. The number of rotatable bonds is 3. The van der Waals surface area contributed by atoms with E-state index in [1.165, 1.54) is 12.1 Å². The summed E-state index contributed by atoms with van der Waals surface area (Å²) in [5, 5.41) is 10.5. The molecule has 0 aromatic heterocycles. The SMILES string of the molecule is OC(c1c(F)ccc(Br)c1F)C1(c2ccccc2)CC1. The first-order valence-corrected chi connectivity index (χ1v) is 7.22. The van der Waals surface area contributed by atoms with E-state index in [0.29, 0.717) is 0 Å². The van der Waals surface area contributed by atoms with Crippen LogP contribution in [0.25, 0.3) is 0 Å². The van der Waals surface area contributed by atoms with Crippen molar-refractivity contribution in [2.45, 2.75) is 24.4 Å². The van der Waals surface area contributed by atoms with Crippen molar-refractivity contribution >= 4 is 15.9 Å². The average Bonchev–Trinajstić information content (AvgIpc) is 3.26. The van der Waals surface area contributed by atoms with Gasteiger partial charge in [-0.2, -0.15) is 0 Å². The number of benzene rings is 2. The summed E-state index contributed by atoms with van der Waals surface area (Å²) in [5.74, 6) is -1.43. The van der Waals surface area contributed by atoms with Crippen LogP contribution in [0.3, 0.4) is 0 Å². The molecule has 104 valence electrons. The van der Waals surface area contributed by atoms with E-state index in [0.717, 1.165) is 18.4 Å². The van der Waals surface area contributed by atoms with E-state index in [-0.39, 0.29) is 10.0 Å². The Labute approximate surface area is 124 Å². The molecule has 2 aromatic carbocycles. The van der Waals surface area contributed by atoms with Crippen LogP contribution in [0.5, 0.6) is 0 Å². The number of hydrogen-bond acceptors (Lipinski definition) is 1. The Hall–Kier alpha value is -1.26. The Morgan fingerprint density at radius 2 is 1.70 bits per heavy atom. The maximum absolute atomic E-state index is 14.1. The molecule has 0 radical (unpaired) electrons. The van der Waals surface area contributed by atoms with Crippen molar-refractivity contribution < 1.29 is 13.9 Å². The van der Waals surface area contributed by atoms with Crippen LogP contribution >= 0.6 is 15.9 Å². The summed E-state index contributed by atoms with van der Waals surface area (Å²) in [6, 6.07) is 11.9. The normalized spacial score (nSPS) is 17.8. The first kappa shape index (κ1) is 13.7. The molecule has 1 atom stereocenters. The smallest absolute Gasteiger partial charge is 0.146 e. The fourth-order valence-corrected chi connectivity index (χ4v) is 3.04. The third-order valence-corrected chi connectivity index (χ3v) is 4.63. The van der Waals surface area contributed by atoms with Gasteiger partial charge in [-0.15, -0.1) is 0 Å². The van der Waals surface area contributed by atoms with Crippen molar-refractivity contribution in [3.63, 3.8) is 0 Å². The lowest BCUT2D eigenvalue weighted by molar-refractivity contribution is 0.124. The summed E-state index contributed by atoms with van der Waals surface area (Å²) < 4.78 is 28.2. The number of aliphatic hydroxyl groups excluding tert-OH is 1. The minimum Gasteiger partial charge on any atom is -0.387 e. The molecule has 3 rings (SSSR count). The van der Waals surface area contributed by atoms with Crippen LogP contribution in [0.2, 0.25) is 0 Å². The number of aliphatic hydroxyl groups is 1. The maximum Gasteiger partial charge on any atom is 0.146 e. The van der Waals surface area contributed by atoms with Gasteiger partial charge in [0.2, 0.25) is 0 Å². The van der Waals surface area contributed by atoms with Crippen LogP contribution in [-0.2, 0) is 5.41 Å². The third kappa shape index (κ3) is 2.07. The molecule has 20 heavy (non-hydrogen) atoms. The zero-order chi connectivity index (χ0) is 14.3. The van der Waals surface area contributed by atoms with Gasteiger partial charge in [0.1, 0.15) is 11.6 Å². The monoisotopic (exact) mass is 338 g/mol. The molecule has 0 bridgehead atoms. The van der Waals surface area contributed by atoms with Gasteiger partial charge in [-0.25, -0.2) is 8.78 Å². The second-order valence-electron chi connectivity index (χ2n) is 5.18. The van der Waals surface area contributed by atoms with Gasteiger partial charge in [-0.3, -0.25) is 0 Å². The van der Waals surface area contributed by atoms with E-state index in [1.807, 2.05) is 30.3 Å². The van der Waals surface area contributed by atoms with Crippen molar-refractivity contribution in [3.8, 4) is 0 Å². The first-order valence-electron chi connectivity index (χ1n) is 6.43. The lowest BCUT2D eigenvalue weighted by atomic mass is 9.85. The van der Waals surface area contributed by atoms with Crippen LogP contribution in [0.1, 0.15) is 30.1 Å². The molecule has 0 amide bonds. The second kappa shape index (κ2) is 4.93. The lowest BCUT2D eigenvalue weighted by Crippen LogP contribution is -2.21. The van der Waals surface area contributed by atoms with Crippen molar-refractivity contribution in [1.82, 2.24) is 0 Å². The predicted molar refractivity (Wildman–Crippen MR) is 76.4 cm³/mol. The molecule has 0 aliphatic heterocycles. The minimum atomic E-state index is -1.18. The van der Waals surface area contributed by atoms with E-state index < -0.39 is 23.2 Å². The van der Waals surface area contributed by atoms with Gasteiger partial charge in [-0.1, -0.05) is 30.3 Å². The molecule has 0 heterocycles. The van der Waals surface area contributed by atoms with Crippen molar-refractivity contribution in [2.24, 2.45) is 0 Å². The largest absolute Gasteiger partial charge is 0.387 e. The molecule has 1 N–H and O–H groups in total. The van der Waals surface area contributed by atoms with E-state index in [2.05, 4.69) is 15.9 Å². The van der Waals surface area contributed by atoms with Gasteiger partial charge in [0.15, 0.2) is 0 Å². The fraction of sp³-hybridized carbons (Fsp3) is 0.250. The van der Waals surface area contributed by atoms with Gasteiger partial charge < -0.3 is 5.11 Å². The molecule has 1 aliphatic carbocycles. The zero-order valence-corrected chi connectivity index (χ0v) is 12.2. The number of hydrogen-bond donors (Lipinski definition) is 1. The molecular formula is C16H13BrF2O. The summed E-state index contributed by atoms with van der Waals surface area (Å²) in [6.07, 6.45) is 0.273. The molecule has 0 saturated heterocycles. The third-order valence-electron chi connectivity index (χ3n) is 4.01. The van der Waals surface area contributed by atoms with Crippen molar-refractivity contribution in [2.75, 3.05) is 0 Å². The summed E-state index contributed by atoms with van der Waals surface area (Å²) in [7, 11) is 0. The van der Waals surface area contributed by atoms with Crippen LogP contribution < -0.4 is 0 Å². The number of halogens is 3. The van der Waals surface area contributed by atoms with Gasteiger partial charge in [0, 0.05) is 5.41 Å². The van der Waals surface area contributed by atoms with Gasteiger partial charge in [0.05, 0.1) is 16.1 Å². The van der Waals surface area contributed by atoms with Gasteiger partial charge >= 0.3 is 0 Å². The first-order chi connectivity index (χ1) is 9.56. The van der Waals surface area contributed by atoms with E-state index in [9.17, 15) is 13.9 Å². The standard InChI is InChI=1S/C16H13BrF2O/c17-11-6-7-12(18)13(14(11)19)15(20)16(8-9-16)10-4-2-1-3-5-10/h1-7,15,20H,8-9H2. The molecule has 4 heteroatoms. The van der Waals surface area contributed by atoms with Crippen LogP contribution in [0, 0.1) is 11.6 Å². The minimum absolute atomic E-state index is 0.164. The van der Waals surface area contributed by atoms with Crippen LogP contribution in [0.15, 0.2) is 46.9 Å². The molecule has 1 saturated carbocycles. The Morgan fingerprint density at radius 3 is 2.30 bits per heavy atom. The maximum atomic E-state index is 14.1. The highest BCUT2D eigenvalue weighted by molar-refractivity contribution is 9.10. The highest BCUT2D eigenvalue weighted by atomic mass is 79.9. The Balaban J connectivity index is 2.06. The summed E-state index contributed by atoms with van der Waals surface area (Å²) in [5.41, 5.74) is 0.107. The predicted octanol–water partition coefficient (Wildman–Crippen LogP) is 4.49. The molecular weight excluding hydrogens is 326 g/mol. The Morgan fingerprint density at radius 1 is 1.05 bits per heavy atom. The molecule has 1 fully saturated rings. The van der Waals surface area contributed by atoms with E-state index in [1.54, 1.807) is 0 Å². The van der Waals surface area contributed by atoms with E-state index in [4.69, 9.17) is 0 Å². The average molecular weight is 339 g/mol. The zero-order valence-electron chi connectivity index (χ0n) is 10.6. The van der Waals surface area contributed by atoms with Gasteiger partial charge in [-0.05, 0) is 46.5 Å². The fourth-order valence-electron chi connectivity index (χ4n) is 2.69. The van der Waals surface area contributed by atoms with Crippen molar-refractivity contribution in [3.05, 3.63) is 69.7 Å². The van der Waals surface area contributed by atoms with Crippen molar-refractivity contribution in [1.29, 1.82) is 0 Å². The topological polar surface area (TPSA) is 20.2 Å². The summed E-state index contributed by atoms with van der Waals surface area (Å²) in [6.45, 7) is 0. The molecule has 1 aliphatic rings. The molecule has 0 spiro atoms. The van der Waals surface area contributed by atoms with Crippen LogP contribution in [0.4, 0.5) is 8.78 Å². The molecule has 2 aromatic rings. The summed E-state index contributed by atoms with van der Waals surface area (Å²) >= 11 is 3.04. The molecule has 1 nitrogen and oxygen atoms in total. The Kier molecular flexibility index (Phi) is 3.38.